The predicted molar refractivity (Wildman–Crippen MR) is 125 cm³/mol. The van der Waals surface area contributed by atoms with Gasteiger partial charge < -0.3 is 14.7 Å². The zero-order valence-corrected chi connectivity index (χ0v) is 19.0. The zero-order valence-electron chi connectivity index (χ0n) is 19.0. The van der Waals surface area contributed by atoms with Crippen molar-refractivity contribution in [2.75, 3.05) is 33.8 Å². The first-order chi connectivity index (χ1) is 15.5. The van der Waals surface area contributed by atoms with Gasteiger partial charge in [-0.15, -0.1) is 0 Å². The molecule has 1 aromatic heterocycles. The van der Waals surface area contributed by atoms with E-state index in [0.29, 0.717) is 17.2 Å². The summed E-state index contributed by atoms with van der Waals surface area (Å²) in [6.07, 6.45) is 9.38. The van der Waals surface area contributed by atoms with E-state index < -0.39 is 0 Å². The minimum absolute atomic E-state index is 0.0978. The number of benzene rings is 1. The Kier molecular flexibility index (Phi) is 6.63. The van der Waals surface area contributed by atoms with Crippen molar-refractivity contribution in [1.29, 1.82) is 5.26 Å². The molecule has 168 valence electrons. The van der Waals surface area contributed by atoms with Gasteiger partial charge in [-0.25, -0.2) is 0 Å². The van der Waals surface area contributed by atoms with Crippen LogP contribution in [0.5, 0.6) is 5.88 Å². The van der Waals surface area contributed by atoms with E-state index in [1.54, 1.807) is 30.1 Å². The lowest BCUT2D eigenvalue weighted by molar-refractivity contribution is 0.103. The Morgan fingerprint density at radius 3 is 2.72 bits per heavy atom. The summed E-state index contributed by atoms with van der Waals surface area (Å²) >= 11 is 0. The van der Waals surface area contributed by atoms with Gasteiger partial charge in [0, 0.05) is 26.2 Å². The number of likely N-dealkylation sites (tertiary alicyclic amines) is 1. The molecule has 2 aliphatic heterocycles. The molecule has 0 spiro atoms. The molecule has 1 unspecified atom stereocenters. The third-order valence-corrected chi connectivity index (χ3v) is 6.59. The Balaban J connectivity index is 1.65. The molecule has 1 fully saturated rings. The second-order valence-corrected chi connectivity index (χ2v) is 8.64. The number of aromatic nitrogens is 2. The first kappa shape index (κ1) is 22.1. The SMILES string of the molecule is COC(C)CCN1CC([C@@H]2CCCN2C)=CC=C1n1ncc(-c2ccc(C#N)cc2)c1O. The van der Waals surface area contributed by atoms with Crippen molar-refractivity contribution >= 4 is 5.82 Å². The molecule has 7 nitrogen and oxygen atoms in total. The van der Waals surface area contributed by atoms with Crippen LogP contribution >= 0.6 is 0 Å². The Morgan fingerprint density at radius 2 is 2.06 bits per heavy atom. The monoisotopic (exact) mass is 433 g/mol. The quantitative estimate of drug-likeness (QED) is 0.718. The van der Waals surface area contributed by atoms with Crippen molar-refractivity contribution < 1.29 is 9.84 Å². The van der Waals surface area contributed by atoms with Gasteiger partial charge in [-0.05, 0) is 69.1 Å². The van der Waals surface area contributed by atoms with E-state index >= 15 is 0 Å². The van der Waals surface area contributed by atoms with Crippen LogP contribution in [0.3, 0.4) is 0 Å². The van der Waals surface area contributed by atoms with E-state index in [2.05, 4.69) is 47.1 Å². The third kappa shape index (κ3) is 4.43. The second-order valence-electron chi connectivity index (χ2n) is 8.64. The summed E-state index contributed by atoms with van der Waals surface area (Å²) < 4.78 is 7.07. The molecule has 7 heteroatoms. The molecule has 1 aromatic carbocycles. The number of hydrogen-bond donors (Lipinski definition) is 1. The molecule has 32 heavy (non-hydrogen) atoms. The van der Waals surface area contributed by atoms with Crippen molar-refractivity contribution in [2.24, 2.45) is 0 Å². The maximum Gasteiger partial charge on any atom is 0.223 e. The molecule has 0 amide bonds. The first-order valence-electron chi connectivity index (χ1n) is 11.2. The molecule has 2 aromatic rings. The number of likely N-dealkylation sites (N-methyl/N-ethyl adjacent to an activating group) is 1. The lowest BCUT2D eigenvalue weighted by Gasteiger charge is -2.35. The third-order valence-electron chi connectivity index (χ3n) is 6.59. The maximum absolute atomic E-state index is 11.0. The van der Waals surface area contributed by atoms with Crippen molar-refractivity contribution in [3.8, 4) is 23.1 Å². The molecule has 2 atom stereocenters. The molecular weight excluding hydrogens is 402 g/mol. The van der Waals surface area contributed by atoms with Gasteiger partial charge >= 0.3 is 0 Å². The second kappa shape index (κ2) is 9.60. The fraction of sp³-hybridized carbons (Fsp3) is 0.440. The number of nitrogens with zero attached hydrogens (tertiary/aromatic N) is 5. The molecule has 0 aliphatic carbocycles. The van der Waals surface area contributed by atoms with Crippen LogP contribution < -0.4 is 0 Å². The Morgan fingerprint density at radius 1 is 1.28 bits per heavy atom. The van der Waals surface area contributed by atoms with Crippen LogP contribution in [0.25, 0.3) is 16.9 Å². The van der Waals surface area contributed by atoms with E-state index in [-0.39, 0.29) is 12.0 Å². The number of rotatable bonds is 7. The van der Waals surface area contributed by atoms with Gasteiger partial charge in [0.1, 0.15) is 5.82 Å². The number of hydrogen-bond acceptors (Lipinski definition) is 6. The van der Waals surface area contributed by atoms with E-state index in [9.17, 15) is 5.11 Å². The van der Waals surface area contributed by atoms with Crippen LogP contribution in [0.1, 0.15) is 31.7 Å². The predicted octanol–water partition coefficient (Wildman–Crippen LogP) is 3.69. The van der Waals surface area contributed by atoms with Crippen LogP contribution in [-0.4, -0.2) is 70.6 Å². The van der Waals surface area contributed by atoms with E-state index in [0.717, 1.165) is 37.4 Å². The highest BCUT2D eigenvalue weighted by molar-refractivity contribution is 5.70. The zero-order chi connectivity index (χ0) is 22.7. The van der Waals surface area contributed by atoms with Crippen molar-refractivity contribution in [3.63, 3.8) is 0 Å². The molecule has 1 saturated heterocycles. The Labute approximate surface area is 189 Å². The van der Waals surface area contributed by atoms with Gasteiger partial charge in [0.2, 0.25) is 5.88 Å². The molecule has 0 saturated carbocycles. The summed E-state index contributed by atoms with van der Waals surface area (Å²) in [4.78, 5) is 4.71. The van der Waals surface area contributed by atoms with Crippen molar-refractivity contribution in [3.05, 3.63) is 53.8 Å². The van der Waals surface area contributed by atoms with Crippen LogP contribution in [0, 0.1) is 11.3 Å². The van der Waals surface area contributed by atoms with Gasteiger partial charge in [-0.2, -0.15) is 15.0 Å². The van der Waals surface area contributed by atoms with E-state index in [1.807, 2.05) is 12.1 Å². The maximum atomic E-state index is 11.0. The largest absolute Gasteiger partial charge is 0.493 e. The molecule has 1 N–H and O–H groups in total. The van der Waals surface area contributed by atoms with Gasteiger partial charge in [-0.3, -0.25) is 4.90 Å². The Bertz CT molecular complexity index is 1050. The van der Waals surface area contributed by atoms with Gasteiger partial charge in [-0.1, -0.05) is 18.2 Å². The first-order valence-corrected chi connectivity index (χ1v) is 11.2. The minimum atomic E-state index is 0.0978. The number of aromatic hydroxyl groups is 1. The molecule has 0 bridgehead atoms. The van der Waals surface area contributed by atoms with Gasteiger partial charge in [0.15, 0.2) is 0 Å². The lowest BCUT2D eigenvalue weighted by Crippen LogP contribution is -2.37. The number of ether oxygens (including phenoxy) is 1. The standard InChI is InChI=1S/C25H31N5O2/c1-18(32-3)12-14-29-17-21(23-5-4-13-28(23)2)10-11-24(29)30-25(31)22(16-27-30)20-8-6-19(15-26)7-9-20/h6-11,16,18,23,31H,4-5,12-14,17H2,1-3H3/t18?,23-/m0/s1. The van der Waals surface area contributed by atoms with Crippen LogP contribution in [0.4, 0.5) is 0 Å². The van der Waals surface area contributed by atoms with Crippen LogP contribution in [0.2, 0.25) is 0 Å². The van der Waals surface area contributed by atoms with Gasteiger partial charge in [0.05, 0.1) is 29.5 Å². The average molecular weight is 434 g/mol. The topological polar surface area (TPSA) is 77.5 Å². The summed E-state index contributed by atoms with van der Waals surface area (Å²) in [6.45, 7) is 4.82. The van der Waals surface area contributed by atoms with Crippen LogP contribution in [0.15, 0.2) is 48.2 Å². The highest BCUT2D eigenvalue weighted by atomic mass is 16.5. The van der Waals surface area contributed by atoms with Crippen LogP contribution in [-0.2, 0) is 4.74 Å². The van der Waals surface area contributed by atoms with Gasteiger partial charge in [0.25, 0.3) is 0 Å². The molecule has 0 radical (unpaired) electrons. The smallest absolute Gasteiger partial charge is 0.223 e. The number of methoxy groups -OCH3 is 1. The summed E-state index contributed by atoms with van der Waals surface area (Å²) in [5.74, 6) is 0.954. The van der Waals surface area contributed by atoms with Crippen molar-refractivity contribution in [1.82, 2.24) is 19.6 Å². The Hall–Kier alpha value is -3.08. The molecule has 2 aliphatic rings. The highest BCUT2D eigenvalue weighted by Crippen LogP contribution is 2.34. The summed E-state index contributed by atoms with van der Waals surface area (Å²) in [7, 11) is 3.93. The summed E-state index contributed by atoms with van der Waals surface area (Å²) in [5, 5.41) is 24.6. The molecule has 3 heterocycles. The summed E-state index contributed by atoms with van der Waals surface area (Å²) in [5.41, 5.74) is 3.46. The fourth-order valence-corrected chi connectivity index (χ4v) is 4.53. The molecular formula is C25H31N5O2. The van der Waals surface area contributed by atoms with Crippen molar-refractivity contribution in [2.45, 2.75) is 38.3 Å². The highest BCUT2D eigenvalue weighted by Gasteiger charge is 2.29. The van der Waals surface area contributed by atoms with E-state index in [1.165, 1.54) is 18.4 Å². The number of allylic oxidation sites excluding steroid dienone is 2. The molecule has 4 rings (SSSR count). The minimum Gasteiger partial charge on any atom is -0.493 e. The normalized spacial score (nSPS) is 20.1. The lowest BCUT2D eigenvalue weighted by atomic mass is 10.0. The fourth-order valence-electron chi connectivity index (χ4n) is 4.53. The average Bonchev–Trinajstić information content (AvgIpc) is 3.42. The summed E-state index contributed by atoms with van der Waals surface area (Å²) in [6, 6.07) is 9.75. The number of nitriles is 1. The van der Waals surface area contributed by atoms with E-state index in [4.69, 9.17) is 10.00 Å².